The Morgan fingerprint density at radius 1 is 1.26 bits per heavy atom. The van der Waals surface area contributed by atoms with Gasteiger partial charge in [0.25, 0.3) is 0 Å². The van der Waals surface area contributed by atoms with Gasteiger partial charge in [0.2, 0.25) is 5.91 Å². The highest BCUT2D eigenvalue weighted by Gasteiger charge is 2.19. The number of carbonyl (C=O) groups is 1. The van der Waals surface area contributed by atoms with Gasteiger partial charge in [-0.15, -0.1) is 0 Å². The van der Waals surface area contributed by atoms with Crippen LogP contribution < -0.4 is 5.73 Å². The number of hydrogen-bond acceptors (Lipinski definition) is 2. The Bertz CT molecular complexity index is 386. The van der Waals surface area contributed by atoms with Gasteiger partial charge in [0, 0.05) is 25.2 Å². The van der Waals surface area contributed by atoms with Crippen LogP contribution in [0.2, 0.25) is 0 Å². The molecule has 0 aliphatic rings. The Kier molecular flexibility index (Phi) is 6.40. The number of carbonyl (C=O) groups excluding carboxylic acids is 1. The number of rotatable bonds is 7. The van der Waals surface area contributed by atoms with Crippen molar-refractivity contribution in [3.05, 3.63) is 29.8 Å². The van der Waals surface area contributed by atoms with E-state index in [0.29, 0.717) is 6.54 Å². The van der Waals surface area contributed by atoms with Gasteiger partial charge in [-0.05, 0) is 30.5 Å². The van der Waals surface area contributed by atoms with E-state index in [1.165, 1.54) is 0 Å². The third-order valence-electron chi connectivity index (χ3n) is 3.52. The van der Waals surface area contributed by atoms with Crippen LogP contribution in [-0.4, -0.2) is 17.9 Å². The molecule has 1 rings (SSSR count). The van der Waals surface area contributed by atoms with Gasteiger partial charge in [0.1, 0.15) is 0 Å². The van der Waals surface area contributed by atoms with E-state index in [1.54, 1.807) is 0 Å². The Hall–Kier alpha value is -1.51. The van der Waals surface area contributed by atoms with E-state index in [1.807, 2.05) is 36.2 Å². The van der Waals surface area contributed by atoms with E-state index in [0.717, 1.165) is 36.9 Å². The van der Waals surface area contributed by atoms with E-state index in [9.17, 15) is 4.79 Å². The fourth-order valence-corrected chi connectivity index (χ4v) is 2.24. The molecular formula is C16H26N2O. The van der Waals surface area contributed by atoms with Gasteiger partial charge in [-0.2, -0.15) is 0 Å². The fraction of sp³-hybridized carbons (Fsp3) is 0.562. The molecule has 0 aliphatic heterocycles. The van der Waals surface area contributed by atoms with Crippen molar-refractivity contribution in [1.82, 2.24) is 4.90 Å². The molecule has 0 aliphatic carbocycles. The molecule has 0 heterocycles. The lowest BCUT2D eigenvalue weighted by Crippen LogP contribution is -2.32. The number of nitrogen functional groups attached to an aromatic ring is 1. The number of benzene rings is 1. The lowest BCUT2D eigenvalue weighted by atomic mass is 9.97. The molecule has 1 amide bonds. The van der Waals surface area contributed by atoms with Crippen molar-refractivity contribution in [3.63, 3.8) is 0 Å². The average molecular weight is 262 g/mol. The first kappa shape index (κ1) is 15.5. The second-order valence-corrected chi connectivity index (χ2v) is 5.18. The Morgan fingerprint density at radius 3 is 2.42 bits per heavy atom. The number of unbranched alkanes of at least 4 members (excludes halogenated alkanes) is 1. The second-order valence-electron chi connectivity index (χ2n) is 5.18. The predicted molar refractivity (Wildman–Crippen MR) is 80.6 cm³/mol. The van der Waals surface area contributed by atoms with Crippen molar-refractivity contribution in [2.45, 2.75) is 46.1 Å². The molecule has 0 aromatic heterocycles. The smallest absolute Gasteiger partial charge is 0.225 e. The molecule has 1 aromatic rings. The molecule has 2 N–H and O–H groups in total. The van der Waals surface area contributed by atoms with E-state index in [4.69, 9.17) is 5.73 Å². The summed E-state index contributed by atoms with van der Waals surface area (Å²) < 4.78 is 0. The van der Waals surface area contributed by atoms with Gasteiger partial charge in [-0.3, -0.25) is 4.79 Å². The van der Waals surface area contributed by atoms with Crippen molar-refractivity contribution in [1.29, 1.82) is 0 Å². The summed E-state index contributed by atoms with van der Waals surface area (Å²) in [6.45, 7) is 4.91. The summed E-state index contributed by atoms with van der Waals surface area (Å²) >= 11 is 0. The normalized spacial score (nSPS) is 12.2. The minimum Gasteiger partial charge on any atom is -0.399 e. The van der Waals surface area contributed by atoms with Crippen LogP contribution in [-0.2, 0) is 11.3 Å². The first-order valence-electron chi connectivity index (χ1n) is 7.17. The zero-order valence-corrected chi connectivity index (χ0v) is 12.4. The molecule has 1 aromatic carbocycles. The van der Waals surface area contributed by atoms with E-state index >= 15 is 0 Å². The molecule has 19 heavy (non-hydrogen) atoms. The third kappa shape index (κ3) is 4.93. The summed E-state index contributed by atoms with van der Waals surface area (Å²) in [6, 6.07) is 7.71. The Morgan fingerprint density at radius 2 is 1.89 bits per heavy atom. The summed E-state index contributed by atoms with van der Waals surface area (Å²) in [7, 11) is 1.88. The highest BCUT2D eigenvalue weighted by molar-refractivity contribution is 5.78. The van der Waals surface area contributed by atoms with E-state index < -0.39 is 0 Å². The Labute approximate surface area is 116 Å². The predicted octanol–water partition coefficient (Wildman–Crippen LogP) is 3.44. The summed E-state index contributed by atoms with van der Waals surface area (Å²) in [5.41, 5.74) is 7.54. The van der Waals surface area contributed by atoms with Gasteiger partial charge in [0.05, 0.1) is 0 Å². The van der Waals surface area contributed by atoms with E-state index in [-0.39, 0.29) is 11.8 Å². The number of anilines is 1. The number of amides is 1. The van der Waals surface area contributed by atoms with Crippen molar-refractivity contribution in [3.8, 4) is 0 Å². The summed E-state index contributed by atoms with van der Waals surface area (Å²) in [4.78, 5) is 14.2. The SMILES string of the molecule is CCCCC(CC)C(=O)N(C)Cc1ccc(N)cc1. The maximum atomic E-state index is 12.4. The number of nitrogens with two attached hydrogens (primary N) is 1. The molecule has 1 unspecified atom stereocenters. The highest BCUT2D eigenvalue weighted by atomic mass is 16.2. The molecule has 3 heteroatoms. The summed E-state index contributed by atoms with van der Waals surface area (Å²) in [5.74, 6) is 0.423. The van der Waals surface area contributed by atoms with Crippen molar-refractivity contribution < 1.29 is 4.79 Å². The van der Waals surface area contributed by atoms with Gasteiger partial charge < -0.3 is 10.6 Å². The van der Waals surface area contributed by atoms with Crippen LogP contribution in [0.15, 0.2) is 24.3 Å². The van der Waals surface area contributed by atoms with Crippen LogP contribution in [0.5, 0.6) is 0 Å². The maximum Gasteiger partial charge on any atom is 0.225 e. The molecule has 0 saturated carbocycles. The lowest BCUT2D eigenvalue weighted by molar-refractivity contribution is -0.135. The topological polar surface area (TPSA) is 46.3 Å². The fourth-order valence-electron chi connectivity index (χ4n) is 2.24. The number of nitrogens with zero attached hydrogens (tertiary/aromatic N) is 1. The third-order valence-corrected chi connectivity index (χ3v) is 3.52. The minimum atomic E-state index is 0.165. The standard InChI is InChI=1S/C16H26N2O/c1-4-6-7-14(5-2)16(19)18(3)12-13-8-10-15(17)11-9-13/h8-11,14H,4-7,12,17H2,1-3H3. The lowest BCUT2D eigenvalue weighted by Gasteiger charge is -2.23. The molecule has 106 valence electrons. The molecule has 3 nitrogen and oxygen atoms in total. The number of hydrogen-bond donors (Lipinski definition) is 1. The van der Waals surface area contributed by atoms with Gasteiger partial charge in [0.15, 0.2) is 0 Å². The second kappa shape index (κ2) is 7.82. The zero-order chi connectivity index (χ0) is 14.3. The monoisotopic (exact) mass is 262 g/mol. The largest absolute Gasteiger partial charge is 0.399 e. The Balaban J connectivity index is 2.57. The summed E-state index contributed by atoms with van der Waals surface area (Å²) in [6.07, 6.45) is 4.19. The molecule has 0 spiro atoms. The zero-order valence-electron chi connectivity index (χ0n) is 12.4. The molecule has 0 saturated heterocycles. The molecule has 0 fully saturated rings. The quantitative estimate of drug-likeness (QED) is 0.765. The molecule has 0 radical (unpaired) electrons. The maximum absolute atomic E-state index is 12.4. The van der Waals surface area contributed by atoms with Crippen LogP contribution in [0.3, 0.4) is 0 Å². The molecular weight excluding hydrogens is 236 g/mol. The van der Waals surface area contributed by atoms with Gasteiger partial charge >= 0.3 is 0 Å². The van der Waals surface area contributed by atoms with Crippen molar-refractivity contribution >= 4 is 11.6 Å². The van der Waals surface area contributed by atoms with Crippen LogP contribution in [0.4, 0.5) is 5.69 Å². The first-order valence-corrected chi connectivity index (χ1v) is 7.17. The van der Waals surface area contributed by atoms with Crippen LogP contribution >= 0.6 is 0 Å². The minimum absolute atomic E-state index is 0.165. The molecule has 1 atom stereocenters. The van der Waals surface area contributed by atoms with Crippen LogP contribution in [0.25, 0.3) is 0 Å². The van der Waals surface area contributed by atoms with Gasteiger partial charge in [-0.1, -0.05) is 38.8 Å². The van der Waals surface area contributed by atoms with Crippen LogP contribution in [0.1, 0.15) is 45.1 Å². The highest BCUT2D eigenvalue weighted by Crippen LogP contribution is 2.17. The van der Waals surface area contributed by atoms with Crippen molar-refractivity contribution in [2.24, 2.45) is 5.92 Å². The van der Waals surface area contributed by atoms with Crippen LogP contribution in [0, 0.1) is 5.92 Å². The molecule has 0 bridgehead atoms. The first-order chi connectivity index (χ1) is 9.08. The summed E-state index contributed by atoms with van der Waals surface area (Å²) in [5, 5.41) is 0. The van der Waals surface area contributed by atoms with Crippen molar-refractivity contribution in [2.75, 3.05) is 12.8 Å². The van der Waals surface area contributed by atoms with E-state index in [2.05, 4.69) is 13.8 Å². The van der Waals surface area contributed by atoms with Gasteiger partial charge in [-0.25, -0.2) is 0 Å². The average Bonchev–Trinajstić information content (AvgIpc) is 2.42.